The lowest BCUT2D eigenvalue weighted by molar-refractivity contribution is 0.602. The average Bonchev–Trinajstić information content (AvgIpc) is 2.48. The highest BCUT2D eigenvalue weighted by atomic mass is 35.5. The Hall–Kier alpha value is -1.89. The molecule has 0 unspecified atom stereocenters. The molecule has 0 radical (unpaired) electrons. The fraction of sp³-hybridized carbons (Fsp3) is 0.0667. The first-order valence-electron chi connectivity index (χ1n) is 6.53. The second kappa shape index (κ2) is 5.96. The maximum atomic E-state index is 12.0. The molecule has 3 aromatic rings. The zero-order chi connectivity index (χ0) is 16.6. The first-order valence-corrected chi connectivity index (χ1v) is 9.18. The molecule has 3 rings (SSSR count). The molecule has 0 aliphatic rings. The summed E-state index contributed by atoms with van der Waals surface area (Å²) in [5.41, 5.74) is 1.03. The van der Waals surface area contributed by atoms with E-state index in [1.54, 1.807) is 18.2 Å². The first kappa shape index (κ1) is 16.0. The maximum Gasteiger partial charge on any atom is 0.224 e. The van der Waals surface area contributed by atoms with E-state index in [2.05, 4.69) is 15.3 Å². The zero-order valence-electron chi connectivity index (χ0n) is 11.9. The third-order valence-electron chi connectivity index (χ3n) is 3.17. The second-order valence-electron chi connectivity index (χ2n) is 4.90. The number of anilines is 2. The van der Waals surface area contributed by atoms with Crippen LogP contribution in [0.3, 0.4) is 0 Å². The number of sulfone groups is 1. The number of halogens is 2. The molecule has 1 N–H and O–H groups in total. The van der Waals surface area contributed by atoms with Crippen LogP contribution in [-0.4, -0.2) is 24.6 Å². The second-order valence-corrected chi connectivity index (χ2v) is 7.65. The number of rotatable bonds is 3. The average molecular weight is 368 g/mol. The van der Waals surface area contributed by atoms with Gasteiger partial charge in [0.2, 0.25) is 5.28 Å². The van der Waals surface area contributed by atoms with E-state index in [-0.39, 0.29) is 10.2 Å². The summed E-state index contributed by atoms with van der Waals surface area (Å²) in [4.78, 5) is 8.38. The summed E-state index contributed by atoms with van der Waals surface area (Å²) >= 11 is 11.9. The Morgan fingerprint density at radius 2 is 1.78 bits per heavy atom. The molecule has 0 atom stereocenters. The van der Waals surface area contributed by atoms with Crippen molar-refractivity contribution in [2.45, 2.75) is 4.90 Å². The molecule has 1 heterocycles. The lowest BCUT2D eigenvalue weighted by atomic mass is 10.2. The van der Waals surface area contributed by atoms with Gasteiger partial charge in [-0.1, -0.05) is 23.7 Å². The molecular formula is C15H11Cl2N3O2S. The SMILES string of the molecule is CS(=O)(=O)c1cc(Cl)ccc1Nc1nc(Cl)nc2ccccc12. The molecule has 0 fully saturated rings. The van der Waals surface area contributed by atoms with Crippen molar-refractivity contribution in [2.24, 2.45) is 0 Å². The molecule has 0 saturated carbocycles. The predicted molar refractivity (Wildman–Crippen MR) is 92.4 cm³/mol. The summed E-state index contributed by atoms with van der Waals surface area (Å²) < 4.78 is 23.9. The van der Waals surface area contributed by atoms with Gasteiger partial charge in [0.1, 0.15) is 5.82 Å². The molecule has 8 heteroatoms. The Bertz CT molecular complexity index is 1010. The van der Waals surface area contributed by atoms with Crippen molar-refractivity contribution in [3.8, 4) is 0 Å². The lowest BCUT2D eigenvalue weighted by Crippen LogP contribution is -2.04. The first-order chi connectivity index (χ1) is 10.8. The van der Waals surface area contributed by atoms with E-state index in [1.807, 2.05) is 18.2 Å². The van der Waals surface area contributed by atoms with Gasteiger partial charge in [0.25, 0.3) is 0 Å². The van der Waals surface area contributed by atoms with E-state index in [1.165, 1.54) is 6.07 Å². The number of hydrogen-bond acceptors (Lipinski definition) is 5. The van der Waals surface area contributed by atoms with Crippen molar-refractivity contribution in [1.29, 1.82) is 0 Å². The summed E-state index contributed by atoms with van der Waals surface area (Å²) in [5, 5.41) is 4.15. The molecule has 0 saturated heterocycles. The quantitative estimate of drug-likeness (QED) is 0.706. The number of fused-ring (bicyclic) bond motifs is 1. The van der Waals surface area contributed by atoms with Gasteiger partial charge in [0.05, 0.1) is 16.1 Å². The predicted octanol–water partition coefficient (Wildman–Crippen LogP) is 4.08. The van der Waals surface area contributed by atoms with Crippen molar-refractivity contribution in [3.63, 3.8) is 0 Å². The van der Waals surface area contributed by atoms with Crippen LogP contribution in [0.15, 0.2) is 47.4 Å². The van der Waals surface area contributed by atoms with Crippen molar-refractivity contribution in [2.75, 3.05) is 11.6 Å². The molecule has 2 aromatic carbocycles. The molecule has 23 heavy (non-hydrogen) atoms. The number of nitrogens with one attached hydrogen (secondary N) is 1. The van der Waals surface area contributed by atoms with Gasteiger partial charge in [-0.25, -0.2) is 13.4 Å². The van der Waals surface area contributed by atoms with Crippen LogP contribution < -0.4 is 5.32 Å². The van der Waals surface area contributed by atoms with Crippen LogP contribution in [0.2, 0.25) is 10.3 Å². The molecular weight excluding hydrogens is 357 g/mol. The van der Waals surface area contributed by atoms with E-state index in [4.69, 9.17) is 23.2 Å². The zero-order valence-corrected chi connectivity index (χ0v) is 14.2. The molecule has 0 aliphatic carbocycles. The van der Waals surface area contributed by atoms with Gasteiger partial charge in [0.15, 0.2) is 9.84 Å². The van der Waals surface area contributed by atoms with Crippen molar-refractivity contribution in [1.82, 2.24) is 9.97 Å². The number of hydrogen-bond donors (Lipinski definition) is 1. The number of para-hydroxylation sites is 1. The van der Waals surface area contributed by atoms with Crippen molar-refractivity contribution < 1.29 is 8.42 Å². The number of benzene rings is 2. The summed E-state index contributed by atoms with van der Waals surface area (Å²) in [6.07, 6.45) is 1.12. The topological polar surface area (TPSA) is 72.0 Å². The van der Waals surface area contributed by atoms with Gasteiger partial charge in [-0.2, -0.15) is 4.98 Å². The van der Waals surface area contributed by atoms with Crippen LogP contribution in [0.4, 0.5) is 11.5 Å². The van der Waals surface area contributed by atoms with Crippen molar-refractivity contribution >= 4 is 55.4 Å². The van der Waals surface area contributed by atoms with E-state index in [0.29, 0.717) is 22.0 Å². The van der Waals surface area contributed by atoms with Crippen LogP contribution in [-0.2, 0) is 9.84 Å². The van der Waals surface area contributed by atoms with E-state index in [0.717, 1.165) is 11.6 Å². The van der Waals surface area contributed by atoms with Crippen LogP contribution >= 0.6 is 23.2 Å². The molecule has 5 nitrogen and oxygen atoms in total. The molecule has 0 aliphatic heterocycles. The minimum absolute atomic E-state index is 0.0704. The van der Waals surface area contributed by atoms with Crippen LogP contribution in [0.5, 0.6) is 0 Å². The summed E-state index contributed by atoms with van der Waals surface area (Å²) in [5.74, 6) is 0.424. The van der Waals surface area contributed by atoms with Gasteiger partial charge < -0.3 is 5.32 Å². The highest BCUT2D eigenvalue weighted by Crippen LogP contribution is 2.30. The van der Waals surface area contributed by atoms with E-state index >= 15 is 0 Å². The Morgan fingerprint density at radius 1 is 1.04 bits per heavy atom. The highest BCUT2D eigenvalue weighted by molar-refractivity contribution is 7.90. The van der Waals surface area contributed by atoms with Crippen LogP contribution in [0.1, 0.15) is 0 Å². The van der Waals surface area contributed by atoms with Gasteiger partial charge in [0, 0.05) is 16.7 Å². The number of nitrogens with zero attached hydrogens (tertiary/aromatic N) is 2. The fourth-order valence-electron chi connectivity index (χ4n) is 2.18. The lowest BCUT2D eigenvalue weighted by Gasteiger charge is -2.12. The largest absolute Gasteiger partial charge is 0.339 e. The molecule has 1 aromatic heterocycles. The Balaban J connectivity index is 2.17. The van der Waals surface area contributed by atoms with Gasteiger partial charge in [-0.15, -0.1) is 0 Å². The monoisotopic (exact) mass is 367 g/mol. The standard InChI is InChI=1S/C15H11Cl2N3O2S/c1-23(21,22)13-8-9(16)6-7-12(13)18-14-10-4-2-3-5-11(10)19-15(17)20-14/h2-8H,1H3,(H,18,19,20). The van der Waals surface area contributed by atoms with E-state index < -0.39 is 9.84 Å². The smallest absolute Gasteiger partial charge is 0.224 e. The summed E-state index contributed by atoms with van der Waals surface area (Å²) in [6.45, 7) is 0. The van der Waals surface area contributed by atoms with Crippen LogP contribution in [0, 0.1) is 0 Å². The molecule has 0 spiro atoms. The molecule has 118 valence electrons. The van der Waals surface area contributed by atoms with E-state index in [9.17, 15) is 8.42 Å². The molecule has 0 amide bonds. The van der Waals surface area contributed by atoms with Crippen LogP contribution in [0.25, 0.3) is 10.9 Å². The Labute approximate surface area is 143 Å². The fourth-order valence-corrected chi connectivity index (χ4v) is 3.45. The number of aromatic nitrogens is 2. The normalized spacial score (nSPS) is 11.6. The minimum atomic E-state index is -3.46. The molecule has 0 bridgehead atoms. The van der Waals surface area contributed by atoms with Gasteiger partial charge in [-0.05, 0) is 41.9 Å². The Morgan fingerprint density at radius 3 is 2.52 bits per heavy atom. The Kier molecular flexibility index (Phi) is 4.14. The minimum Gasteiger partial charge on any atom is -0.339 e. The highest BCUT2D eigenvalue weighted by Gasteiger charge is 2.16. The summed E-state index contributed by atoms with van der Waals surface area (Å²) in [7, 11) is -3.46. The van der Waals surface area contributed by atoms with Gasteiger partial charge in [-0.3, -0.25) is 0 Å². The third kappa shape index (κ3) is 3.39. The summed E-state index contributed by atoms with van der Waals surface area (Å²) in [6, 6.07) is 11.9. The third-order valence-corrected chi connectivity index (χ3v) is 4.71. The maximum absolute atomic E-state index is 12.0. The van der Waals surface area contributed by atoms with Gasteiger partial charge >= 0.3 is 0 Å². The van der Waals surface area contributed by atoms with Crippen molar-refractivity contribution in [3.05, 3.63) is 52.8 Å².